The van der Waals surface area contributed by atoms with Gasteiger partial charge in [0.25, 0.3) is 0 Å². The molecule has 3 heteroatoms. The quantitative estimate of drug-likeness (QED) is 0.709. The van der Waals surface area contributed by atoms with Gasteiger partial charge in [0.1, 0.15) is 0 Å². The second-order valence-electron chi connectivity index (χ2n) is 5.40. The number of nitrogens with zero attached hydrogens (tertiary/aromatic N) is 1. The van der Waals surface area contributed by atoms with Gasteiger partial charge in [-0.3, -0.25) is 4.79 Å². The molecule has 0 aromatic rings. The lowest BCUT2D eigenvalue weighted by molar-refractivity contribution is -0.142. The van der Waals surface area contributed by atoms with E-state index in [4.69, 9.17) is 0 Å². The molecule has 0 N–H and O–H groups in total. The Labute approximate surface area is 108 Å². The van der Waals surface area contributed by atoms with E-state index in [9.17, 15) is 4.79 Å². The van der Waals surface area contributed by atoms with E-state index in [1.807, 2.05) is 0 Å². The van der Waals surface area contributed by atoms with Crippen molar-refractivity contribution in [2.45, 2.75) is 58.9 Å². The Morgan fingerprint density at radius 3 is 2.38 bits per heavy atom. The second-order valence-corrected chi connectivity index (χ2v) is 6.20. The number of carbonyl (C=O) groups excluding carboxylic acids is 1. The third-order valence-electron chi connectivity index (χ3n) is 3.64. The molecule has 0 aromatic carbocycles. The molecule has 94 valence electrons. The van der Waals surface area contributed by atoms with E-state index in [-0.39, 0.29) is 5.41 Å². The number of amides is 1. The second kappa shape index (κ2) is 6.04. The maximum atomic E-state index is 12.5. The maximum absolute atomic E-state index is 12.5. The van der Waals surface area contributed by atoms with Crippen molar-refractivity contribution in [1.29, 1.82) is 0 Å². The lowest BCUT2D eigenvalue weighted by Crippen LogP contribution is -2.45. The number of hydrogen-bond acceptors (Lipinski definition) is 1. The van der Waals surface area contributed by atoms with Crippen molar-refractivity contribution in [3.05, 3.63) is 0 Å². The summed E-state index contributed by atoms with van der Waals surface area (Å²) >= 11 is 3.44. The Hall–Kier alpha value is -0.0500. The number of carbonyl (C=O) groups is 1. The van der Waals surface area contributed by atoms with Gasteiger partial charge in [-0.05, 0) is 33.1 Å². The van der Waals surface area contributed by atoms with Gasteiger partial charge in [0, 0.05) is 23.3 Å². The number of alkyl halides is 1. The first kappa shape index (κ1) is 14.0. The molecule has 1 saturated carbocycles. The summed E-state index contributed by atoms with van der Waals surface area (Å²) in [4.78, 5) is 14.6. The summed E-state index contributed by atoms with van der Waals surface area (Å²) in [6.45, 7) is 7.26. The van der Waals surface area contributed by atoms with E-state index in [0.717, 1.165) is 31.1 Å². The van der Waals surface area contributed by atoms with Crippen LogP contribution in [0.3, 0.4) is 0 Å². The summed E-state index contributed by atoms with van der Waals surface area (Å²) in [5.74, 6) is 0.376. The van der Waals surface area contributed by atoms with Gasteiger partial charge in [0.2, 0.25) is 5.91 Å². The third kappa shape index (κ3) is 3.22. The Morgan fingerprint density at radius 1 is 1.38 bits per heavy atom. The lowest BCUT2D eigenvalue weighted by Gasteiger charge is -2.34. The molecule has 1 rings (SSSR count). The standard InChI is InChI=1S/C13H24BrNO/c1-11(2)15(10-6-9-14)12(16)13(3)7-4-5-8-13/h11H,4-10H2,1-3H3. The molecule has 1 fully saturated rings. The summed E-state index contributed by atoms with van der Waals surface area (Å²) in [5, 5.41) is 0.972. The molecule has 1 aliphatic carbocycles. The van der Waals surface area contributed by atoms with Crippen LogP contribution in [-0.2, 0) is 4.79 Å². The van der Waals surface area contributed by atoms with E-state index in [0.29, 0.717) is 11.9 Å². The molecule has 0 aromatic heterocycles. The zero-order valence-corrected chi connectivity index (χ0v) is 12.3. The van der Waals surface area contributed by atoms with Gasteiger partial charge in [-0.15, -0.1) is 0 Å². The first-order chi connectivity index (χ1) is 7.51. The van der Waals surface area contributed by atoms with Crippen molar-refractivity contribution in [2.75, 3.05) is 11.9 Å². The van der Waals surface area contributed by atoms with Gasteiger partial charge >= 0.3 is 0 Å². The van der Waals surface area contributed by atoms with Crippen LogP contribution in [0.1, 0.15) is 52.9 Å². The molecule has 0 spiro atoms. The Bertz CT molecular complexity index is 234. The average molecular weight is 290 g/mol. The first-order valence-electron chi connectivity index (χ1n) is 6.38. The fraction of sp³-hybridized carbons (Fsp3) is 0.923. The Morgan fingerprint density at radius 2 is 1.94 bits per heavy atom. The van der Waals surface area contributed by atoms with E-state index in [1.165, 1.54) is 12.8 Å². The maximum Gasteiger partial charge on any atom is 0.228 e. The zero-order valence-electron chi connectivity index (χ0n) is 10.8. The molecule has 0 heterocycles. The Kier molecular flexibility index (Phi) is 5.29. The van der Waals surface area contributed by atoms with E-state index >= 15 is 0 Å². The van der Waals surface area contributed by atoms with Crippen LogP contribution in [0.2, 0.25) is 0 Å². The zero-order chi connectivity index (χ0) is 12.2. The highest BCUT2D eigenvalue weighted by molar-refractivity contribution is 9.09. The summed E-state index contributed by atoms with van der Waals surface area (Å²) in [5.41, 5.74) is -0.0728. The molecule has 0 saturated heterocycles. The number of hydrogen-bond donors (Lipinski definition) is 0. The third-order valence-corrected chi connectivity index (χ3v) is 4.20. The molecule has 0 bridgehead atoms. The summed E-state index contributed by atoms with van der Waals surface area (Å²) in [6.07, 6.45) is 5.62. The summed E-state index contributed by atoms with van der Waals surface area (Å²) in [7, 11) is 0. The van der Waals surface area contributed by atoms with Crippen LogP contribution in [0, 0.1) is 5.41 Å². The van der Waals surface area contributed by atoms with Crippen LogP contribution < -0.4 is 0 Å². The van der Waals surface area contributed by atoms with Gasteiger partial charge in [-0.1, -0.05) is 35.7 Å². The molecule has 2 nitrogen and oxygen atoms in total. The largest absolute Gasteiger partial charge is 0.340 e. The normalized spacial score (nSPS) is 19.1. The van der Waals surface area contributed by atoms with Crippen LogP contribution in [0.4, 0.5) is 0 Å². The van der Waals surface area contributed by atoms with E-state index in [1.54, 1.807) is 0 Å². The monoisotopic (exact) mass is 289 g/mol. The fourth-order valence-corrected chi connectivity index (χ4v) is 2.79. The molecule has 0 atom stereocenters. The van der Waals surface area contributed by atoms with E-state index < -0.39 is 0 Å². The van der Waals surface area contributed by atoms with Crippen molar-refractivity contribution >= 4 is 21.8 Å². The molecule has 0 radical (unpaired) electrons. The minimum absolute atomic E-state index is 0.0728. The van der Waals surface area contributed by atoms with Crippen molar-refractivity contribution < 1.29 is 4.79 Å². The summed E-state index contributed by atoms with van der Waals surface area (Å²) in [6, 6.07) is 0.323. The van der Waals surface area contributed by atoms with Crippen molar-refractivity contribution in [3.63, 3.8) is 0 Å². The Balaban J connectivity index is 2.66. The van der Waals surface area contributed by atoms with Gasteiger partial charge in [-0.2, -0.15) is 0 Å². The van der Waals surface area contributed by atoms with Crippen molar-refractivity contribution in [3.8, 4) is 0 Å². The molecule has 16 heavy (non-hydrogen) atoms. The highest BCUT2D eigenvalue weighted by Gasteiger charge is 2.39. The molecule has 0 aliphatic heterocycles. The smallest absolute Gasteiger partial charge is 0.228 e. The summed E-state index contributed by atoms with van der Waals surface area (Å²) < 4.78 is 0. The SMILES string of the molecule is CC(C)N(CCCBr)C(=O)C1(C)CCCC1. The minimum Gasteiger partial charge on any atom is -0.340 e. The van der Waals surface area contributed by atoms with Crippen LogP contribution in [-0.4, -0.2) is 28.7 Å². The minimum atomic E-state index is -0.0728. The molecule has 0 unspecified atom stereocenters. The topological polar surface area (TPSA) is 20.3 Å². The highest BCUT2D eigenvalue weighted by Crippen LogP contribution is 2.39. The molecule has 1 amide bonds. The van der Waals surface area contributed by atoms with Crippen LogP contribution in [0.25, 0.3) is 0 Å². The van der Waals surface area contributed by atoms with E-state index in [2.05, 4.69) is 41.6 Å². The van der Waals surface area contributed by atoms with Gasteiger partial charge in [0.05, 0.1) is 0 Å². The van der Waals surface area contributed by atoms with Gasteiger partial charge in [0.15, 0.2) is 0 Å². The predicted octanol–water partition coefficient (Wildman–Crippen LogP) is 3.59. The number of rotatable bonds is 5. The average Bonchev–Trinajstić information content (AvgIpc) is 2.66. The highest BCUT2D eigenvalue weighted by atomic mass is 79.9. The first-order valence-corrected chi connectivity index (χ1v) is 7.50. The van der Waals surface area contributed by atoms with Crippen LogP contribution >= 0.6 is 15.9 Å². The van der Waals surface area contributed by atoms with Gasteiger partial charge < -0.3 is 4.90 Å². The van der Waals surface area contributed by atoms with Crippen LogP contribution in [0.15, 0.2) is 0 Å². The van der Waals surface area contributed by atoms with Gasteiger partial charge in [-0.25, -0.2) is 0 Å². The molecular weight excluding hydrogens is 266 g/mol. The van der Waals surface area contributed by atoms with Crippen LogP contribution in [0.5, 0.6) is 0 Å². The predicted molar refractivity (Wildman–Crippen MR) is 71.8 cm³/mol. The number of halogens is 1. The molecule has 1 aliphatic rings. The molecular formula is C13H24BrNO. The van der Waals surface area contributed by atoms with Crippen molar-refractivity contribution in [1.82, 2.24) is 4.90 Å². The van der Waals surface area contributed by atoms with Crippen molar-refractivity contribution in [2.24, 2.45) is 5.41 Å². The fourth-order valence-electron chi connectivity index (χ4n) is 2.54. The lowest BCUT2D eigenvalue weighted by atomic mass is 9.86.